The summed E-state index contributed by atoms with van der Waals surface area (Å²) >= 11 is 5.83. The van der Waals surface area contributed by atoms with Crippen LogP contribution in [0.3, 0.4) is 0 Å². The predicted octanol–water partition coefficient (Wildman–Crippen LogP) is 3.25. The van der Waals surface area contributed by atoms with Crippen molar-refractivity contribution in [3.8, 4) is 0 Å². The van der Waals surface area contributed by atoms with Gasteiger partial charge in [-0.15, -0.1) is 0 Å². The lowest BCUT2D eigenvalue weighted by Crippen LogP contribution is -2.13. The van der Waals surface area contributed by atoms with E-state index >= 15 is 0 Å². The Morgan fingerprint density at radius 2 is 2.27 bits per heavy atom. The predicted molar refractivity (Wildman–Crippen MR) is 61.8 cm³/mol. The van der Waals surface area contributed by atoms with Crippen LogP contribution in [0.2, 0.25) is 5.02 Å². The number of rotatable bonds is 4. The van der Waals surface area contributed by atoms with Gasteiger partial charge in [-0.2, -0.15) is 0 Å². The Bertz CT molecular complexity index is 366. The van der Waals surface area contributed by atoms with Crippen molar-refractivity contribution in [2.75, 3.05) is 5.32 Å². The fraction of sp³-hybridized carbons (Fsp3) is 0.364. The number of carbonyl (C=O) groups is 1. The summed E-state index contributed by atoms with van der Waals surface area (Å²) in [4.78, 5) is 10.7. The summed E-state index contributed by atoms with van der Waals surface area (Å²) in [5, 5.41) is 12.3. The van der Waals surface area contributed by atoms with Crippen LogP contribution in [0.1, 0.15) is 30.6 Å². The quantitative estimate of drug-likeness (QED) is 0.830. The van der Waals surface area contributed by atoms with E-state index in [1.54, 1.807) is 12.1 Å². The number of hydrogen-bond donors (Lipinski definition) is 2. The van der Waals surface area contributed by atoms with Gasteiger partial charge in [0.1, 0.15) is 0 Å². The minimum atomic E-state index is -1.00. The summed E-state index contributed by atoms with van der Waals surface area (Å²) in [5.74, 6) is -1.00. The van der Waals surface area contributed by atoms with Crippen molar-refractivity contribution in [2.45, 2.75) is 26.3 Å². The zero-order chi connectivity index (χ0) is 11.4. The molecule has 1 atom stereocenters. The van der Waals surface area contributed by atoms with Gasteiger partial charge in [0.15, 0.2) is 0 Å². The van der Waals surface area contributed by atoms with Gasteiger partial charge in [0.25, 0.3) is 0 Å². The van der Waals surface area contributed by atoms with Gasteiger partial charge in [-0.1, -0.05) is 18.5 Å². The van der Waals surface area contributed by atoms with E-state index in [2.05, 4.69) is 19.2 Å². The normalized spacial score (nSPS) is 12.2. The van der Waals surface area contributed by atoms with Crippen molar-refractivity contribution >= 4 is 23.3 Å². The summed E-state index contributed by atoms with van der Waals surface area (Å²) in [6.07, 6.45) is 0.998. The van der Waals surface area contributed by atoms with E-state index in [9.17, 15) is 4.79 Å². The maximum Gasteiger partial charge on any atom is 0.337 e. The first-order valence-electron chi connectivity index (χ1n) is 4.84. The molecule has 15 heavy (non-hydrogen) atoms. The number of benzene rings is 1. The van der Waals surface area contributed by atoms with Gasteiger partial charge in [-0.25, -0.2) is 4.79 Å². The highest BCUT2D eigenvalue weighted by Crippen LogP contribution is 2.21. The van der Waals surface area contributed by atoms with Gasteiger partial charge >= 0.3 is 5.97 Å². The first-order valence-corrected chi connectivity index (χ1v) is 5.21. The fourth-order valence-electron chi connectivity index (χ4n) is 1.16. The van der Waals surface area contributed by atoms with Gasteiger partial charge in [-0.05, 0) is 31.5 Å². The van der Waals surface area contributed by atoms with Gasteiger partial charge < -0.3 is 10.4 Å². The van der Waals surface area contributed by atoms with Crippen LogP contribution >= 0.6 is 11.6 Å². The number of nitrogens with one attached hydrogen (secondary N) is 1. The molecule has 1 unspecified atom stereocenters. The average molecular weight is 228 g/mol. The van der Waals surface area contributed by atoms with E-state index in [-0.39, 0.29) is 10.6 Å². The Kier molecular flexibility index (Phi) is 3.97. The second-order valence-corrected chi connectivity index (χ2v) is 3.86. The molecule has 1 rings (SSSR count). The molecule has 0 amide bonds. The van der Waals surface area contributed by atoms with Crippen LogP contribution in [0.25, 0.3) is 0 Å². The highest BCUT2D eigenvalue weighted by Gasteiger charge is 2.09. The molecule has 4 heteroatoms. The van der Waals surface area contributed by atoms with Gasteiger partial charge in [0, 0.05) is 11.7 Å². The van der Waals surface area contributed by atoms with Gasteiger partial charge in [-0.3, -0.25) is 0 Å². The molecule has 0 bridgehead atoms. The summed E-state index contributed by atoms with van der Waals surface area (Å²) in [5.41, 5.74) is 0.978. The number of halogens is 1. The summed E-state index contributed by atoms with van der Waals surface area (Å²) in [7, 11) is 0. The van der Waals surface area contributed by atoms with Crippen LogP contribution in [-0.4, -0.2) is 17.1 Å². The lowest BCUT2D eigenvalue weighted by Gasteiger charge is -2.13. The molecule has 1 aromatic rings. The summed E-state index contributed by atoms with van der Waals surface area (Å²) < 4.78 is 0. The van der Waals surface area contributed by atoms with Crippen molar-refractivity contribution in [1.29, 1.82) is 0 Å². The van der Waals surface area contributed by atoms with Crippen molar-refractivity contribution < 1.29 is 9.90 Å². The standard InChI is InChI=1S/C11H14ClNO2/c1-3-7(2)13-8-4-5-9(11(14)15)10(12)6-8/h4-7,13H,3H2,1-2H3,(H,14,15). The molecule has 0 aromatic heterocycles. The number of anilines is 1. The van der Waals surface area contributed by atoms with Crippen LogP contribution in [0.5, 0.6) is 0 Å². The highest BCUT2D eigenvalue weighted by molar-refractivity contribution is 6.33. The lowest BCUT2D eigenvalue weighted by atomic mass is 10.2. The van der Waals surface area contributed by atoms with E-state index in [0.29, 0.717) is 6.04 Å². The van der Waals surface area contributed by atoms with Crippen LogP contribution < -0.4 is 5.32 Å². The molecule has 0 spiro atoms. The Hall–Kier alpha value is -1.22. The monoisotopic (exact) mass is 227 g/mol. The Balaban J connectivity index is 2.87. The van der Waals surface area contributed by atoms with Crippen LogP contribution in [0, 0.1) is 0 Å². The molecule has 0 saturated carbocycles. The fourth-order valence-corrected chi connectivity index (χ4v) is 1.43. The second-order valence-electron chi connectivity index (χ2n) is 3.45. The largest absolute Gasteiger partial charge is 0.478 e. The lowest BCUT2D eigenvalue weighted by molar-refractivity contribution is 0.0697. The van der Waals surface area contributed by atoms with E-state index in [4.69, 9.17) is 16.7 Å². The zero-order valence-electron chi connectivity index (χ0n) is 8.75. The second kappa shape index (κ2) is 5.03. The number of hydrogen-bond acceptors (Lipinski definition) is 2. The van der Waals surface area contributed by atoms with Crippen LogP contribution in [0.15, 0.2) is 18.2 Å². The first kappa shape index (κ1) is 11.9. The molecule has 0 aliphatic rings. The summed E-state index contributed by atoms with van der Waals surface area (Å²) in [6, 6.07) is 5.21. The smallest absolute Gasteiger partial charge is 0.337 e. The molecule has 0 aliphatic heterocycles. The Morgan fingerprint density at radius 1 is 1.60 bits per heavy atom. The number of carboxylic acid groups (broad SMARTS) is 1. The van der Waals surface area contributed by atoms with Crippen molar-refractivity contribution in [2.24, 2.45) is 0 Å². The number of aromatic carboxylic acids is 1. The molecule has 0 aliphatic carbocycles. The average Bonchev–Trinajstić information content (AvgIpc) is 2.17. The maximum absolute atomic E-state index is 10.7. The van der Waals surface area contributed by atoms with Gasteiger partial charge in [0.2, 0.25) is 0 Å². The SMILES string of the molecule is CCC(C)Nc1ccc(C(=O)O)c(Cl)c1. The third-order valence-corrected chi connectivity index (χ3v) is 2.54. The zero-order valence-corrected chi connectivity index (χ0v) is 9.51. The minimum Gasteiger partial charge on any atom is -0.478 e. The molecule has 0 fully saturated rings. The molecular formula is C11H14ClNO2. The van der Waals surface area contributed by atoms with Crippen molar-refractivity contribution in [3.63, 3.8) is 0 Å². The molecule has 0 heterocycles. The number of carboxylic acids is 1. The van der Waals surface area contributed by atoms with Crippen molar-refractivity contribution in [3.05, 3.63) is 28.8 Å². The molecular weight excluding hydrogens is 214 g/mol. The third kappa shape index (κ3) is 3.13. The highest BCUT2D eigenvalue weighted by atomic mass is 35.5. The molecule has 0 saturated heterocycles. The Labute approximate surface area is 94.1 Å². The van der Waals surface area contributed by atoms with E-state index in [1.807, 2.05) is 0 Å². The van der Waals surface area contributed by atoms with Crippen LogP contribution in [-0.2, 0) is 0 Å². The molecule has 3 nitrogen and oxygen atoms in total. The molecule has 1 aromatic carbocycles. The molecule has 82 valence electrons. The molecule has 0 radical (unpaired) electrons. The first-order chi connectivity index (χ1) is 7.04. The third-order valence-electron chi connectivity index (χ3n) is 2.22. The van der Waals surface area contributed by atoms with Crippen molar-refractivity contribution in [1.82, 2.24) is 0 Å². The Morgan fingerprint density at radius 3 is 2.73 bits per heavy atom. The maximum atomic E-state index is 10.7. The van der Waals surface area contributed by atoms with E-state index < -0.39 is 5.97 Å². The topological polar surface area (TPSA) is 49.3 Å². The summed E-state index contributed by atoms with van der Waals surface area (Å²) in [6.45, 7) is 4.13. The minimum absolute atomic E-state index is 0.131. The van der Waals surface area contributed by atoms with E-state index in [1.165, 1.54) is 6.07 Å². The molecule has 2 N–H and O–H groups in total. The van der Waals surface area contributed by atoms with Crippen LogP contribution in [0.4, 0.5) is 5.69 Å². The van der Waals surface area contributed by atoms with Gasteiger partial charge in [0.05, 0.1) is 10.6 Å². The van der Waals surface area contributed by atoms with E-state index in [0.717, 1.165) is 12.1 Å².